The van der Waals surface area contributed by atoms with Gasteiger partial charge in [0.25, 0.3) is 0 Å². The first-order chi connectivity index (χ1) is 26.4. The van der Waals surface area contributed by atoms with Crippen molar-refractivity contribution >= 4 is 33.6 Å². The van der Waals surface area contributed by atoms with Gasteiger partial charge in [-0.05, 0) is 93.8 Å². The lowest BCUT2D eigenvalue weighted by atomic mass is 9.62. The van der Waals surface area contributed by atoms with Crippen LogP contribution in [0, 0.1) is 29.6 Å². The van der Waals surface area contributed by atoms with Gasteiger partial charge < -0.3 is 28.1 Å². The molecule has 10 rings (SSSR count). The Morgan fingerprint density at radius 3 is 2.22 bits per heavy atom. The van der Waals surface area contributed by atoms with Crippen LogP contribution in [-0.4, -0.2) is 83.0 Å². The van der Waals surface area contributed by atoms with Crippen molar-refractivity contribution < 1.29 is 28.5 Å². The fraction of sp³-hybridized carbons (Fsp3) is 0.556. The smallest absolute Gasteiger partial charge is 0.305 e. The molecule has 10 atom stereocenters. The van der Waals surface area contributed by atoms with Crippen LogP contribution in [0.4, 0.5) is 0 Å². The average Bonchev–Trinajstić information content (AvgIpc) is 3.58. The van der Waals surface area contributed by atoms with Crippen LogP contribution in [0.25, 0.3) is 21.8 Å². The number of ether oxygens (including phenoxy) is 4. The number of likely N-dealkylation sites (N-methyl/N-ethyl adjacent to an activating group) is 2. The number of piperidine rings is 2. The Hall–Kier alpha value is -4.12. The number of aromatic nitrogens is 2. The molecule has 1 unspecified atom stereocenters. The van der Waals surface area contributed by atoms with E-state index in [1.807, 2.05) is 6.92 Å². The predicted octanol–water partition coefficient (Wildman–Crippen LogP) is 6.42. The standard InChI is InChI=1S/C45H54N4O6/c1-23(50)32-20-53-21-33-27(32)15-40-44-31(18-37(33)46(40)4)29-13-25(42(52-8)19-39(29)49(44)7)14-35-28-16-41-43-30(26-11-9-10-12-36(26)48(43)6)17-38(47(41)5)34(28)22-54-45(35,3)55-24(2)51/h9-13,19-20,27-28,33-35,37-38,40-41H,14-18,21-22H2,1-8H3/t27-,28+,33+,34+,35-,37-,38-,40?,41-,45+/m0/s1. The highest BCUT2D eigenvalue weighted by molar-refractivity contribution is 5.94. The molecule has 2 aromatic carbocycles. The van der Waals surface area contributed by atoms with Crippen molar-refractivity contribution in [2.45, 2.75) is 82.8 Å². The molecule has 0 radical (unpaired) electrons. The minimum Gasteiger partial charge on any atom is -0.500 e. The van der Waals surface area contributed by atoms with E-state index in [1.165, 1.54) is 45.7 Å². The van der Waals surface area contributed by atoms with Crippen LogP contribution < -0.4 is 4.74 Å². The highest BCUT2D eigenvalue weighted by Crippen LogP contribution is 2.56. The summed E-state index contributed by atoms with van der Waals surface area (Å²) in [5.74, 6) is 0.496. The third-order valence-electron chi connectivity index (χ3n) is 15.4. The van der Waals surface area contributed by atoms with Crippen molar-refractivity contribution in [3.8, 4) is 5.75 Å². The number of hydrogen-bond acceptors (Lipinski definition) is 8. The summed E-state index contributed by atoms with van der Waals surface area (Å²) in [5, 5.41) is 2.62. The van der Waals surface area contributed by atoms with E-state index >= 15 is 0 Å². The molecular formula is C45H54N4O6. The van der Waals surface area contributed by atoms with Crippen molar-refractivity contribution in [3.05, 3.63) is 76.3 Å². The van der Waals surface area contributed by atoms with E-state index in [-0.39, 0.29) is 59.5 Å². The monoisotopic (exact) mass is 746 g/mol. The molecule has 6 aliphatic rings. The summed E-state index contributed by atoms with van der Waals surface area (Å²) < 4.78 is 30.0. The second-order valence-corrected chi connectivity index (χ2v) is 17.7. The van der Waals surface area contributed by atoms with Crippen LogP contribution in [0.1, 0.15) is 73.8 Å². The van der Waals surface area contributed by atoms with Crippen LogP contribution in [0.15, 0.2) is 48.2 Å². The van der Waals surface area contributed by atoms with E-state index in [0.29, 0.717) is 25.7 Å². The Labute approximate surface area is 323 Å². The summed E-state index contributed by atoms with van der Waals surface area (Å²) in [6.45, 7) is 6.35. The fourth-order valence-corrected chi connectivity index (χ4v) is 12.8. The Bertz CT molecular complexity index is 2300. The number of esters is 1. The summed E-state index contributed by atoms with van der Waals surface area (Å²) in [6, 6.07) is 14.5. The van der Waals surface area contributed by atoms with Crippen LogP contribution in [0.3, 0.4) is 0 Å². The molecule has 0 N–H and O–H groups in total. The van der Waals surface area contributed by atoms with Crippen molar-refractivity contribution in [1.82, 2.24) is 18.9 Å². The molecule has 55 heavy (non-hydrogen) atoms. The lowest BCUT2D eigenvalue weighted by Gasteiger charge is -2.58. The molecule has 4 bridgehead atoms. The van der Waals surface area contributed by atoms with Gasteiger partial charge in [0.15, 0.2) is 5.78 Å². The molecule has 3 fully saturated rings. The topological polar surface area (TPSA) is 87.4 Å². The average molecular weight is 747 g/mol. The summed E-state index contributed by atoms with van der Waals surface area (Å²) in [6.07, 6.45) is 6.12. The van der Waals surface area contributed by atoms with E-state index in [9.17, 15) is 9.59 Å². The van der Waals surface area contributed by atoms with Crippen molar-refractivity contribution in [2.24, 2.45) is 43.7 Å². The molecule has 0 amide bonds. The number of allylic oxidation sites excluding steroid dienone is 1. The zero-order chi connectivity index (χ0) is 38.2. The fourth-order valence-electron chi connectivity index (χ4n) is 12.8. The number of para-hydroxylation sites is 1. The first-order valence-corrected chi connectivity index (χ1v) is 20.2. The van der Waals surface area contributed by atoms with Crippen LogP contribution in [-0.2, 0) is 57.2 Å². The summed E-state index contributed by atoms with van der Waals surface area (Å²) in [5.41, 5.74) is 10.0. The lowest BCUT2D eigenvalue weighted by molar-refractivity contribution is -0.296. The molecule has 10 heteroatoms. The van der Waals surface area contributed by atoms with Gasteiger partial charge in [-0.1, -0.05) is 18.2 Å². The molecule has 290 valence electrons. The molecular weight excluding hydrogens is 693 g/mol. The van der Waals surface area contributed by atoms with Gasteiger partial charge in [0.2, 0.25) is 5.79 Å². The Balaban J connectivity index is 1.06. The number of ketones is 1. The first kappa shape index (κ1) is 35.3. The third kappa shape index (κ3) is 4.96. The van der Waals surface area contributed by atoms with Gasteiger partial charge >= 0.3 is 5.97 Å². The van der Waals surface area contributed by atoms with E-state index in [1.54, 1.807) is 20.3 Å². The number of carbonyl (C=O) groups is 2. The highest BCUT2D eigenvalue weighted by atomic mass is 16.7. The summed E-state index contributed by atoms with van der Waals surface area (Å²) >= 11 is 0. The number of benzene rings is 2. The number of Topliss-reactive ketones (excluding diaryl/α,β-unsaturated/α-hetero) is 1. The number of rotatable bonds is 5. The van der Waals surface area contributed by atoms with E-state index in [0.717, 1.165) is 48.1 Å². The molecule has 6 aliphatic heterocycles. The molecule has 0 aliphatic carbocycles. The van der Waals surface area contributed by atoms with Crippen LogP contribution in [0.2, 0.25) is 0 Å². The van der Waals surface area contributed by atoms with Gasteiger partial charge in [0.05, 0.1) is 44.2 Å². The second kappa shape index (κ2) is 12.4. The molecule has 8 heterocycles. The highest BCUT2D eigenvalue weighted by Gasteiger charge is 2.58. The summed E-state index contributed by atoms with van der Waals surface area (Å²) in [4.78, 5) is 30.7. The van der Waals surface area contributed by atoms with E-state index in [4.69, 9.17) is 18.9 Å². The lowest BCUT2D eigenvalue weighted by Crippen LogP contribution is -2.62. The van der Waals surface area contributed by atoms with E-state index in [2.05, 4.69) is 83.5 Å². The zero-order valence-corrected chi connectivity index (χ0v) is 33.4. The number of aryl methyl sites for hydroxylation is 2. The number of hydrogen-bond donors (Lipinski definition) is 0. The third-order valence-corrected chi connectivity index (χ3v) is 15.4. The maximum atomic E-state index is 12.8. The number of fused-ring (bicyclic) bond motifs is 16. The Morgan fingerprint density at radius 2 is 1.51 bits per heavy atom. The van der Waals surface area contributed by atoms with Gasteiger partial charge in [-0.15, -0.1) is 0 Å². The van der Waals surface area contributed by atoms with Gasteiger partial charge in [-0.25, -0.2) is 0 Å². The molecule has 4 aromatic rings. The zero-order valence-electron chi connectivity index (χ0n) is 33.4. The quantitative estimate of drug-likeness (QED) is 0.217. The minimum atomic E-state index is -1.08. The first-order valence-electron chi connectivity index (χ1n) is 20.2. The minimum absolute atomic E-state index is 0.0848. The Morgan fingerprint density at radius 1 is 0.836 bits per heavy atom. The number of nitrogens with zero attached hydrogens (tertiary/aromatic N) is 4. The molecule has 0 saturated carbocycles. The molecule has 3 saturated heterocycles. The molecule has 2 aromatic heterocycles. The van der Waals surface area contributed by atoms with E-state index < -0.39 is 5.79 Å². The second-order valence-electron chi connectivity index (χ2n) is 17.7. The SMILES string of the molecule is COc1cc2c(cc1C[C@H]1[C@@H]3C[C@H]4c5c(c6ccccc6n5C)C[C@@H]([C@@H]3CO[C@]1(C)OC(C)=O)N4C)c1c(n2C)C2C[C@H]3C(C(C)=O)=COC[C@H]3[C@H](C1)N2C. The molecule has 0 spiro atoms. The normalized spacial score (nSPS) is 33.9. The molecule has 10 nitrogen and oxygen atoms in total. The van der Waals surface area contributed by atoms with Gasteiger partial charge in [0, 0.05) is 97.1 Å². The van der Waals surface area contributed by atoms with Crippen molar-refractivity contribution in [1.29, 1.82) is 0 Å². The number of carbonyl (C=O) groups excluding carboxylic acids is 2. The van der Waals surface area contributed by atoms with Gasteiger partial charge in [-0.3, -0.25) is 19.4 Å². The van der Waals surface area contributed by atoms with Crippen molar-refractivity contribution in [3.63, 3.8) is 0 Å². The number of methoxy groups -OCH3 is 1. The van der Waals surface area contributed by atoms with Crippen LogP contribution in [0.5, 0.6) is 5.75 Å². The van der Waals surface area contributed by atoms with Crippen molar-refractivity contribution in [2.75, 3.05) is 34.4 Å². The van der Waals surface area contributed by atoms with Gasteiger partial charge in [-0.2, -0.15) is 0 Å². The predicted molar refractivity (Wildman–Crippen MR) is 210 cm³/mol. The maximum absolute atomic E-state index is 12.8. The Kier molecular flexibility index (Phi) is 7.98. The van der Waals surface area contributed by atoms with Crippen LogP contribution >= 0.6 is 0 Å². The maximum Gasteiger partial charge on any atom is 0.305 e. The largest absolute Gasteiger partial charge is 0.500 e. The summed E-state index contributed by atoms with van der Waals surface area (Å²) in [7, 11) is 10.7. The van der Waals surface area contributed by atoms with Gasteiger partial charge in [0.1, 0.15) is 5.75 Å².